The molecule has 2 rings (SSSR count). The van der Waals surface area contributed by atoms with Crippen LogP contribution in [0.4, 0.5) is 0 Å². The van der Waals surface area contributed by atoms with Gasteiger partial charge >= 0.3 is 0 Å². The maximum atomic E-state index is 10.7. The van der Waals surface area contributed by atoms with E-state index in [-0.39, 0.29) is 12.5 Å². The lowest BCUT2D eigenvalue weighted by Gasteiger charge is -2.14. The summed E-state index contributed by atoms with van der Waals surface area (Å²) in [5.41, 5.74) is 7.41. The lowest BCUT2D eigenvalue weighted by atomic mass is 10.1. The van der Waals surface area contributed by atoms with Gasteiger partial charge in [-0.3, -0.25) is 9.48 Å². The lowest BCUT2D eigenvalue weighted by Crippen LogP contribution is -2.27. The second-order valence-corrected chi connectivity index (χ2v) is 3.17. The van der Waals surface area contributed by atoms with Crippen molar-refractivity contribution in [2.75, 3.05) is 6.54 Å². The minimum Gasteiger partial charge on any atom is -0.368 e. The van der Waals surface area contributed by atoms with Gasteiger partial charge in [0.1, 0.15) is 6.54 Å². The summed E-state index contributed by atoms with van der Waals surface area (Å²) >= 11 is 0. The summed E-state index contributed by atoms with van der Waals surface area (Å²) in [5, 5.41) is 7.35. The van der Waals surface area contributed by atoms with Crippen molar-refractivity contribution in [1.82, 2.24) is 15.1 Å². The molecule has 3 N–H and O–H groups in total. The smallest absolute Gasteiger partial charge is 0.239 e. The Balaban J connectivity index is 2.26. The fourth-order valence-corrected chi connectivity index (χ4v) is 1.60. The average Bonchev–Trinajstić information content (AvgIpc) is 2.48. The number of amides is 1. The number of carbonyl (C=O) groups excluding carboxylic acids is 1. The zero-order valence-corrected chi connectivity index (χ0v) is 7.29. The van der Waals surface area contributed by atoms with Crippen molar-refractivity contribution in [1.29, 1.82) is 0 Å². The van der Waals surface area contributed by atoms with E-state index in [1.54, 1.807) is 10.9 Å². The summed E-state index contributed by atoms with van der Waals surface area (Å²) in [5.74, 6) is -0.343. The Hall–Kier alpha value is -1.36. The highest BCUT2D eigenvalue weighted by Gasteiger charge is 2.14. The summed E-state index contributed by atoms with van der Waals surface area (Å²) in [6.07, 6.45) is 2.72. The molecular weight excluding hydrogens is 168 g/mol. The van der Waals surface area contributed by atoms with E-state index in [1.807, 2.05) is 0 Å². The minimum absolute atomic E-state index is 0.190. The molecule has 0 saturated carbocycles. The standard InChI is InChI=1S/C8H12N4O/c9-8(13)5-12-7-1-2-10-3-6(7)4-11-12/h4,10H,1-3,5H2,(H2,9,13). The molecule has 1 amide bonds. The number of rotatable bonds is 2. The van der Waals surface area contributed by atoms with Gasteiger partial charge in [0.15, 0.2) is 0 Å². The Morgan fingerprint density at radius 2 is 2.62 bits per heavy atom. The van der Waals surface area contributed by atoms with Gasteiger partial charge in [-0.25, -0.2) is 0 Å². The SMILES string of the molecule is NC(=O)Cn1ncc2c1CCNC2. The number of nitrogens with two attached hydrogens (primary N) is 1. The fourth-order valence-electron chi connectivity index (χ4n) is 1.60. The van der Waals surface area contributed by atoms with Gasteiger partial charge in [0.2, 0.25) is 5.91 Å². The maximum Gasteiger partial charge on any atom is 0.239 e. The van der Waals surface area contributed by atoms with Crippen molar-refractivity contribution in [2.24, 2.45) is 5.73 Å². The first-order chi connectivity index (χ1) is 6.27. The van der Waals surface area contributed by atoms with Crippen LogP contribution in [-0.4, -0.2) is 22.2 Å². The predicted molar refractivity (Wildman–Crippen MR) is 46.8 cm³/mol. The van der Waals surface area contributed by atoms with Gasteiger partial charge in [0, 0.05) is 30.8 Å². The Morgan fingerprint density at radius 3 is 3.38 bits per heavy atom. The van der Waals surface area contributed by atoms with Gasteiger partial charge in [-0.15, -0.1) is 0 Å². The van der Waals surface area contributed by atoms with Crippen molar-refractivity contribution in [2.45, 2.75) is 19.5 Å². The molecule has 1 aromatic rings. The zero-order valence-electron chi connectivity index (χ0n) is 7.29. The molecule has 5 heteroatoms. The van der Waals surface area contributed by atoms with Crippen LogP contribution in [0.5, 0.6) is 0 Å². The summed E-state index contributed by atoms with van der Waals surface area (Å²) in [7, 11) is 0. The predicted octanol–water partition coefficient (Wildman–Crippen LogP) is -0.986. The quantitative estimate of drug-likeness (QED) is 0.614. The van der Waals surface area contributed by atoms with Gasteiger partial charge in [-0.1, -0.05) is 0 Å². The summed E-state index contributed by atoms with van der Waals surface area (Å²) in [4.78, 5) is 10.7. The number of primary amides is 1. The van der Waals surface area contributed by atoms with Gasteiger partial charge in [0.05, 0.1) is 6.20 Å². The van der Waals surface area contributed by atoms with Gasteiger partial charge in [-0.05, 0) is 0 Å². The molecule has 0 radical (unpaired) electrons. The zero-order chi connectivity index (χ0) is 9.26. The van der Waals surface area contributed by atoms with E-state index in [0.29, 0.717) is 0 Å². The number of hydrogen-bond acceptors (Lipinski definition) is 3. The van der Waals surface area contributed by atoms with E-state index >= 15 is 0 Å². The van der Waals surface area contributed by atoms with Gasteiger partial charge in [0.25, 0.3) is 0 Å². The Bertz CT molecular complexity index is 331. The molecule has 5 nitrogen and oxygen atoms in total. The third-order valence-electron chi connectivity index (χ3n) is 2.19. The Morgan fingerprint density at radius 1 is 1.77 bits per heavy atom. The number of aromatic nitrogens is 2. The highest BCUT2D eigenvalue weighted by Crippen LogP contribution is 2.12. The van der Waals surface area contributed by atoms with Crippen molar-refractivity contribution in [3.8, 4) is 0 Å². The molecule has 0 aromatic carbocycles. The number of fused-ring (bicyclic) bond motifs is 1. The van der Waals surface area contributed by atoms with Crippen LogP contribution >= 0.6 is 0 Å². The van der Waals surface area contributed by atoms with Gasteiger partial charge < -0.3 is 11.1 Å². The third-order valence-corrected chi connectivity index (χ3v) is 2.19. The minimum atomic E-state index is -0.343. The molecule has 1 aliphatic heterocycles. The van der Waals surface area contributed by atoms with Crippen LogP contribution in [0.25, 0.3) is 0 Å². The summed E-state index contributed by atoms with van der Waals surface area (Å²) in [6, 6.07) is 0. The molecule has 1 aromatic heterocycles. The molecular formula is C8H12N4O. The largest absolute Gasteiger partial charge is 0.368 e. The van der Waals surface area contributed by atoms with E-state index in [0.717, 1.165) is 25.2 Å². The average molecular weight is 180 g/mol. The van der Waals surface area contributed by atoms with Crippen molar-refractivity contribution < 1.29 is 4.79 Å². The Labute approximate surface area is 75.9 Å². The molecule has 0 bridgehead atoms. The molecule has 0 saturated heterocycles. The van der Waals surface area contributed by atoms with Crippen LogP contribution in [0.15, 0.2) is 6.20 Å². The lowest BCUT2D eigenvalue weighted by molar-refractivity contribution is -0.118. The van der Waals surface area contributed by atoms with Crippen LogP contribution in [-0.2, 0) is 24.3 Å². The van der Waals surface area contributed by atoms with Crippen molar-refractivity contribution >= 4 is 5.91 Å². The van der Waals surface area contributed by atoms with Crippen molar-refractivity contribution in [3.63, 3.8) is 0 Å². The second-order valence-electron chi connectivity index (χ2n) is 3.17. The van der Waals surface area contributed by atoms with Crippen LogP contribution in [0.1, 0.15) is 11.3 Å². The molecule has 0 aliphatic carbocycles. The van der Waals surface area contributed by atoms with Crippen LogP contribution in [0.3, 0.4) is 0 Å². The normalized spacial score (nSPS) is 15.4. The first-order valence-corrected chi connectivity index (χ1v) is 4.30. The number of nitrogens with one attached hydrogen (secondary N) is 1. The van der Waals surface area contributed by atoms with Crippen LogP contribution in [0, 0.1) is 0 Å². The van der Waals surface area contributed by atoms with Crippen molar-refractivity contribution in [3.05, 3.63) is 17.5 Å². The molecule has 0 atom stereocenters. The molecule has 1 aliphatic rings. The van der Waals surface area contributed by atoms with Gasteiger partial charge in [-0.2, -0.15) is 5.10 Å². The molecule has 13 heavy (non-hydrogen) atoms. The molecule has 70 valence electrons. The first-order valence-electron chi connectivity index (χ1n) is 4.30. The van der Waals surface area contributed by atoms with E-state index < -0.39 is 0 Å². The van der Waals surface area contributed by atoms with E-state index in [2.05, 4.69) is 10.4 Å². The topological polar surface area (TPSA) is 72.9 Å². The molecule has 0 spiro atoms. The van der Waals surface area contributed by atoms with E-state index in [9.17, 15) is 4.79 Å². The van der Waals surface area contributed by atoms with Crippen LogP contribution < -0.4 is 11.1 Å². The first kappa shape index (κ1) is 8.25. The third kappa shape index (κ3) is 1.55. The number of nitrogens with zero attached hydrogens (tertiary/aromatic N) is 2. The van der Waals surface area contributed by atoms with E-state index in [4.69, 9.17) is 5.73 Å². The monoisotopic (exact) mass is 180 g/mol. The van der Waals surface area contributed by atoms with Crippen LogP contribution in [0.2, 0.25) is 0 Å². The fraction of sp³-hybridized carbons (Fsp3) is 0.500. The Kier molecular flexibility index (Phi) is 2.02. The highest BCUT2D eigenvalue weighted by molar-refractivity contribution is 5.73. The summed E-state index contributed by atoms with van der Waals surface area (Å²) in [6.45, 7) is 1.97. The maximum absolute atomic E-state index is 10.7. The number of carbonyl (C=O) groups is 1. The molecule has 2 heterocycles. The van der Waals surface area contributed by atoms with E-state index in [1.165, 1.54) is 5.56 Å². The second kappa shape index (κ2) is 3.18. The number of hydrogen-bond donors (Lipinski definition) is 2. The molecule has 0 fully saturated rings. The summed E-state index contributed by atoms with van der Waals surface area (Å²) < 4.78 is 1.69. The highest BCUT2D eigenvalue weighted by atomic mass is 16.1. The molecule has 0 unspecified atom stereocenters.